The van der Waals surface area contributed by atoms with E-state index in [1.54, 1.807) is 24.8 Å². The number of aliphatic hydroxyl groups is 1. The number of thioether (sulfide) groups is 1. The third-order valence-corrected chi connectivity index (χ3v) is 8.40. The number of allylic oxidation sites excluding steroid dienone is 2. The van der Waals surface area contributed by atoms with Crippen molar-refractivity contribution in [2.45, 2.75) is 199 Å². The zero-order valence-electron chi connectivity index (χ0n) is 33.3. The van der Waals surface area contributed by atoms with Gasteiger partial charge in [0.05, 0.1) is 23.2 Å². The minimum Gasteiger partial charge on any atom is -0.513 e. The Morgan fingerprint density at radius 1 is 0.977 bits per heavy atom. The summed E-state index contributed by atoms with van der Waals surface area (Å²) in [4.78, 5) is 10.4. The molecular weight excluding hydrogens is 561 g/mol. The van der Waals surface area contributed by atoms with Crippen LogP contribution < -0.4 is 0 Å². The van der Waals surface area contributed by atoms with Crippen LogP contribution in [0.5, 0.6) is 0 Å². The maximum atomic E-state index is 10.4. The number of Topliss-reactive ketones (excluding diaryl/α,β-unsaturated/α-hetero) is 1. The summed E-state index contributed by atoms with van der Waals surface area (Å²) in [5, 5.41) is 9.68. The number of rotatable bonds is 9. The fraction of sp³-hybridized carbons (Fsp3) is 0.875. The molecule has 3 nitrogen and oxygen atoms in total. The lowest BCUT2D eigenvalue weighted by atomic mass is 9.80. The second-order valence-electron chi connectivity index (χ2n) is 13.2. The Morgan fingerprint density at radius 2 is 1.39 bits per heavy atom. The van der Waals surface area contributed by atoms with Gasteiger partial charge in [-0.25, -0.2) is 0 Å². The van der Waals surface area contributed by atoms with Gasteiger partial charge >= 0.3 is 0 Å². The zero-order valence-corrected chi connectivity index (χ0v) is 34.1. The summed E-state index contributed by atoms with van der Waals surface area (Å²) >= 11 is 1.58. The van der Waals surface area contributed by atoms with Crippen molar-refractivity contribution < 1.29 is 14.6 Å². The summed E-state index contributed by atoms with van der Waals surface area (Å²) in [6.45, 7) is 36.9. The number of hydrogen-bond acceptors (Lipinski definition) is 4. The number of ether oxygens (including phenoxy) is 1. The summed E-state index contributed by atoms with van der Waals surface area (Å²) in [7, 11) is 0. The molecule has 4 heteroatoms. The van der Waals surface area contributed by atoms with E-state index in [1.807, 2.05) is 67.7 Å². The van der Waals surface area contributed by atoms with Gasteiger partial charge in [0, 0.05) is 6.42 Å². The number of carbonyl (C=O) groups is 1. The van der Waals surface area contributed by atoms with E-state index in [1.165, 1.54) is 57.8 Å². The minimum atomic E-state index is 0.149. The molecule has 1 N–H and O–H groups in total. The Balaban J connectivity index is -0.000000151. The molecule has 0 aliphatic heterocycles. The van der Waals surface area contributed by atoms with Crippen molar-refractivity contribution in [3.05, 3.63) is 24.5 Å². The summed E-state index contributed by atoms with van der Waals surface area (Å²) < 4.78 is 5.83. The lowest BCUT2D eigenvalue weighted by Crippen LogP contribution is -2.33. The maximum absolute atomic E-state index is 10.4. The van der Waals surface area contributed by atoms with Gasteiger partial charge in [-0.2, -0.15) is 11.8 Å². The Hall–Kier alpha value is -0.740. The Bertz CT molecular complexity index is 599. The molecular formula is C40H84O3S. The van der Waals surface area contributed by atoms with Crippen molar-refractivity contribution in [3.63, 3.8) is 0 Å². The summed E-state index contributed by atoms with van der Waals surface area (Å²) in [5.74, 6) is 3.64. The third kappa shape index (κ3) is 41.3. The first-order valence-corrected chi connectivity index (χ1v) is 19.5. The van der Waals surface area contributed by atoms with Crippen molar-refractivity contribution in [2.24, 2.45) is 23.2 Å². The molecule has 268 valence electrons. The van der Waals surface area contributed by atoms with Crippen molar-refractivity contribution in [2.75, 3.05) is 6.26 Å². The number of carbonyl (C=O) groups excluding carboxylic acids is 1. The molecule has 0 radical (unpaired) electrons. The van der Waals surface area contributed by atoms with Gasteiger partial charge in [-0.05, 0) is 88.9 Å². The van der Waals surface area contributed by atoms with Crippen LogP contribution in [0.3, 0.4) is 0 Å². The van der Waals surface area contributed by atoms with E-state index in [9.17, 15) is 9.90 Å². The van der Waals surface area contributed by atoms with E-state index in [2.05, 4.69) is 55.0 Å². The molecule has 0 bridgehead atoms. The van der Waals surface area contributed by atoms with Crippen molar-refractivity contribution in [1.82, 2.24) is 0 Å². The van der Waals surface area contributed by atoms with E-state index in [0.717, 1.165) is 24.2 Å². The van der Waals surface area contributed by atoms with Crippen LogP contribution in [-0.2, 0) is 9.53 Å². The van der Waals surface area contributed by atoms with Gasteiger partial charge in [-0.15, -0.1) is 6.58 Å². The molecule has 0 heterocycles. The molecule has 0 amide bonds. The van der Waals surface area contributed by atoms with E-state index in [4.69, 9.17) is 4.74 Å². The normalized spacial score (nSPS) is 21.6. The van der Waals surface area contributed by atoms with Gasteiger partial charge in [-0.3, -0.25) is 4.79 Å². The molecule has 0 aromatic heterocycles. The molecule has 2 fully saturated rings. The van der Waals surface area contributed by atoms with Crippen LogP contribution in [0.25, 0.3) is 0 Å². The average molecular weight is 645 g/mol. The lowest BCUT2D eigenvalue weighted by molar-refractivity contribution is -0.116. The highest BCUT2D eigenvalue weighted by Gasteiger charge is 2.29. The van der Waals surface area contributed by atoms with E-state index in [-0.39, 0.29) is 17.1 Å². The Morgan fingerprint density at radius 3 is 1.61 bits per heavy atom. The van der Waals surface area contributed by atoms with Crippen molar-refractivity contribution in [1.29, 1.82) is 0 Å². The average Bonchev–Trinajstić information content (AvgIpc) is 2.94. The Kier molecular flexibility index (Phi) is 44.1. The van der Waals surface area contributed by atoms with Gasteiger partial charge in [0.2, 0.25) is 0 Å². The molecule has 2 atom stereocenters. The fourth-order valence-corrected chi connectivity index (χ4v) is 4.78. The predicted molar refractivity (Wildman–Crippen MR) is 206 cm³/mol. The second kappa shape index (κ2) is 36.7. The summed E-state index contributed by atoms with van der Waals surface area (Å²) in [5.41, 5.74) is 0.550. The topological polar surface area (TPSA) is 46.5 Å². The van der Waals surface area contributed by atoms with Crippen LogP contribution in [0.15, 0.2) is 24.5 Å². The van der Waals surface area contributed by atoms with Crippen LogP contribution in [0, 0.1) is 23.2 Å². The van der Waals surface area contributed by atoms with Crippen LogP contribution in [0.4, 0.5) is 0 Å². The smallest absolute Gasteiger partial charge is 0.142 e. The van der Waals surface area contributed by atoms with Gasteiger partial charge in [0.15, 0.2) is 0 Å². The second-order valence-corrected chi connectivity index (χ2v) is 14.4. The van der Waals surface area contributed by atoms with Crippen LogP contribution >= 0.6 is 11.8 Å². The molecule has 2 rings (SSSR count). The number of aliphatic hydroxyl groups excluding tert-OH is 1. The molecule has 44 heavy (non-hydrogen) atoms. The number of ketones is 1. The molecule has 0 saturated heterocycles. The van der Waals surface area contributed by atoms with Gasteiger partial charge < -0.3 is 9.84 Å². The highest BCUT2D eigenvalue weighted by Crippen LogP contribution is 2.33. The highest BCUT2D eigenvalue weighted by molar-refractivity contribution is 7.99. The van der Waals surface area contributed by atoms with E-state index in [0.29, 0.717) is 23.7 Å². The third-order valence-electron chi connectivity index (χ3n) is 7.36. The SMILES string of the molecule is C=CC.CC.CC.CC/C=C(/O)CC(C)OC1CC(CC)C1.CC1CCC(C)CC1.CCCC(C)(C)C.CSC(C)C(C)=O. The first kappa shape index (κ1) is 52.8. The van der Waals surface area contributed by atoms with E-state index >= 15 is 0 Å². The maximum Gasteiger partial charge on any atom is 0.142 e. The van der Waals surface area contributed by atoms with E-state index < -0.39 is 0 Å². The molecule has 0 spiro atoms. The first-order valence-electron chi connectivity index (χ1n) is 18.2. The monoisotopic (exact) mass is 645 g/mol. The fourth-order valence-electron chi connectivity index (χ4n) is 4.45. The largest absolute Gasteiger partial charge is 0.513 e. The van der Waals surface area contributed by atoms with Crippen LogP contribution in [-0.4, -0.2) is 34.6 Å². The molecule has 0 aromatic carbocycles. The predicted octanol–water partition coefficient (Wildman–Crippen LogP) is 14.1. The molecule has 2 unspecified atom stereocenters. The van der Waals surface area contributed by atoms with Crippen molar-refractivity contribution in [3.8, 4) is 0 Å². The van der Waals surface area contributed by atoms with Crippen LogP contribution in [0.1, 0.15) is 181 Å². The van der Waals surface area contributed by atoms with Gasteiger partial charge in [0.25, 0.3) is 0 Å². The first-order chi connectivity index (χ1) is 20.6. The molecule has 2 saturated carbocycles. The minimum absolute atomic E-state index is 0.149. The Labute approximate surface area is 284 Å². The van der Waals surface area contributed by atoms with Crippen molar-refractivity contribution >= 4 is 17.5 Å². The summed E-state index contributed by atoms with van der Waals surface area (Å²) in [6, 6.07) is 0. The molecule has 2 aliphatic carbocycles. The molecule has 0 aromatic rings. The number of hydrogen-bond donors (Lipinski definition) is 1. The van der Waals surface area contributed by atoms with Gasteiger partial charge in [0.1, 0.15) is 5.78 Å². The standard InChI is InChI=1S/C13H24O2.C8H16.C7H16.C5H10OS.C3H6.2C2H6/c1-4-6-12(14)7-10(3)15-13-8-11(5-2)9-13;1-7-3-5-8(2)6-4-7;1-5-6-7(2,3)4;1-4(6)5(2)7-3;1-3-2;2*1-2/h6,10-11,13-14H,4-5,7-9H2,1-3H3;7-8H,3-6H2,1-2H3;5-6H2,1-4H3;5H,1-3H3;3H,1H2,2H3;2*1-2H3/b12-6+;;;;;;. The highest BCUT2D eigenvalue weighted by atomic mass is 32.2. The summed E-state index contributed by atoms with van der Waals surface area (Å²) in [6.07, 6.45) is 19.9. The lowest BCUT2D eigenvalue weighted by Gasteiger charge is -2.36. The quantitative estimate of drug-likeness (QED) is 0.200. The zero-order chi connectivity index (χ0) is 35.7. The van der Waals surface area contributed by atoms with Crippen LogP contribution in [0.2, 0.25) is 0 Å². The molecule has 2 aliphatic rings. The van der Waals surface area contributed by atoms with Gasteiger partial charge in [-0.1, -0.05) is 128 Å².